The van der Waals surface area contributed by atoms with Crippen molar-refractivity contribution in [3.63, 3.8) is 0 Å². The molecule has 1 aromatic rings. The minimum absolute atomic E-state index is 0.0363. The Labute approximate surface area is 102 Å². The molecule has 1 unspecified atom stereocenters. The number of nitrogens with one attached hydrogen (secondary N) is 1. The molecule has 1 aliphatic rings. The van der Waals surface area contributed by atoms with Crippen LogP contribution in [0.15, 0.2) is 12.1 Å². The Morgan fingerprint density at radius 3 is 2.88 bits per heavy atom. The van der Waals surface area contributed by atoms with E-state index in [0.29, 0.717) is 0 Å². The van der Waals surface area contributed by atoms with Crippen molar-refractivity contribution in [2.24, 2.45) is 0 Å². The molecule has 0 aromatic carbocycles. The standard InChI is InChI=1S/C13H21NOS/c1-3-11-5-6-12(16-11)9-15-13(2)7-4-8-14-10-13/h5-6,14H,3-4,7-10H2,1-2H3. The Hall–Kier alpha value is -0.380. The molecule has 1 atom stereocenters. The maximum absolute atomic E-state index is 6.06. The quantitative estimate of drug-likeness (QED) is 0.872. The summed E-state index contributed by atoms with van der Waals surface area (Å²) in [6.07, 6.45) is 3.52. The van der Waals surface area contributed by atoms with Crippen LogP contribution in [0.5, 0.6) is 0 Å². The van der Waals surface area contributed by atoms with E-state index in [4.69, 9.17) is 4.74 Å². The van der Waals surface area contributed by atoms with Crippen molar-refractivity contribution >= 4 is 11.3 Å². The zero-order valence-corrected chi connectivity index (χ0v) is 11.0. The molecule has 0 saturated carbocycles. The smallest absolute Gasteiger partial charge is 0.0817 e. The molecule has 1 N–H and O–H groups in total. The summed E-state index contributed by atoms with van der Waals surface area (Å²) in [6.45, 7) is 7.30. The van der Waals surface area contributed by atoms with Crippen molar-refractivity contribution in [3.8, 4) is 0 Å². The van der Waals surface area contributed by atoms with E-state index < -0.39 is 0 Å². The summed E-state index contributed by atoms with van der Waals surface area (Å²) < 4.78 is 6.06. The summed E-state index contributed by atoms with van der Waals surface area (Å²) in [5.41, 5.74) is 0.0363. The van der Waals surface area contributed by atoms with Crippen molar-refractivity contribution in [1.29, 1.82) is 0 Å². The van der Waals surface area contributed by atoms with E-state index in [0.717, 1.165) is 26.1 Å². The summed E-state index contributed by atoms with van der Waals surface area (Å²) in [4.78, 5) is 2.80. The summed E-state index contributed by atoms with van der Waals surface area (Å²) in [5.74, 6) is 0. The van der Waals surface area contributed by atoms with Gasteiger partial charge in [0.25, 0.3) is 0 Å². The second-order valence-electron chi connectivity index (χ2n) is 4.74. The van der Waals surface area contributed by atoms with Crippen LogP contribution in [0.2, 0.25) is 0 Å². The van der Waals surface area contributed by atoms with Crippen LogP contribution in [0, 0.1) is 0 Å². The topological polar surface area (TPSA) is 21.3 Å². The minimum Gasteiger partial charge on any atom is -0.368 e. The van der Waals surface area contributed by atoms with Gasteiger partial charge >= 0.3 is 0 Å². The van der Waals surface area contributed by atoms with Crippen LogP contribution >= 0.6 is 11.3 Å². The van der Waals surface area contributed by atoms with Gasteiger partial charge in [0.15, 0.2) is 0 Å². The number of hydrogen-bond donors (Lipinski definition) is 1. The highest BCUT2D eigenvalue weighted by molar-refractivity contribution is 7.11. The third-order valence-corrected chi connectivity index (χ3v) is 4.39. The van der Waals surface area contributed by atoms with Gasteiger partial charge in [-0.25, -0.2) is 0 Å². The summed E-state index contributed by atoms with van der Waals surface area (Å²) in [7, 11) is 0. The van der Waals surface area contributed by atoms with Crippen molar-refractivity contribution in [2.45, 2.75) is 45.3 Å². The first-order valence-corrected chi connectivity index (χ1v) is 6.96. The lowest BCUT2D eigenvalue weighted by atomic mass is 9.96. The first-order valence-electron chi connectivity index (χ1n) is 6.14. The second kappa shape index (κ2) is 5.30. The highest BCUT2D eigenvalue weighted by Crippen LogP contribution is 2.24. The molecule has 16 heavy (non-hydrogen) atoms. The monoisotopic (exact) mass is 239 g/mol. The van der Waals surface area contributed by atoms with Gasteiger partial charge in [0.2, 0.25) is 0 Å². The van der Waals surface area contributed by atoms with Gasteiger partial charge < -0.3 is 10.1 Å². The summed E-state index contributed by atoms with van der Waals surface area (Å²) in [5, 5.41) is 3.41. The fraction of sp³-hybridized carbons (Fsp3) is 0.692. The fourth-order valence-corrected chi connectivity index (χ4v) is 2.96. The lowest BCUT2D eigenvalue weighted by molar-refractivity contribution is -0.0561. The van der Waals surface area contributed by atoms with E-state index in [-0.39, 0.29) is 5.60 Å². The molecule has 1 saturated heterocycles. The Bertz CT molecular complexity index is 328. The summed E-state index contributed by atoms with van der Waals surface area (Å²) >= 11 is 1.87. The molecule has 1 fully saturated rings. The Kier molecular flexibility index (Phi) is 4.00. The minimum atomic E-state index is 0.0363. The van der Waals surface area contributed by atoms with E-state index in [1.807, 2.05) is 11.3 Å². The van der Waals surface area contributed by atoms with E-state index >= 15 is 0 Å². The maximum atomic E-state index is 6.06. The molecule has 2 heterocycles. The molecular formula is C13H21NOS. The number of thiophene rings is 1. The third-order valence-electron chi connectivity index (χ3n) is 3.19. The van der Waals surface area contributed by atoms with Gasteiger partial charge in [-0.2, -0.15) is 0 Å². The van der Waals surface area contributed by atoms with E-state index in [1.165, 1.54) is 22.6 Å². The number of aryl methyl sites for hydroxylation is 1. The largest absolute Gasteiger partial charge is 0.368 e. The Balaban J connectivity index is 1.86. The van der Waals surface area contributed by atoms with Crippen molar-refractivity contribution in [1.82, 2.24) is 5.32 Å². The van der Waals surface area contributed by atoms with Crippen molar-refractivity contribution in [3.05, 3.63) is 21.9 Å². The molecular weight excluding hydrogens is 218 g/mol. The molecule has 0 spiro atoms. The zero-order valence-electron chi connectivity index (χ0n) is 10.2. The van der Waals surface area contributed by atoms with Gasteiger partial charge in [0.05, 0.1) is 12.2 Å². The van der Waals surface area contributed by atoms with Crippen LogP contribution in [-0.2, 0) is 17.8 Å². The van der Waals surface area contributed by atoms with E-state index in [9.17, 15) is 0 Å². The fourth-order valence-electron chi connectivity index (χ4n) is 2.09. The van der Waals surface area contributed by atoms with Crippen LogP contribution in [0.1, 0.15) is 36.4 Å². The normalized spacial score (nSPS) is 25.9. The number of hydrogen-bond acceptors (Lipinski definition) is 3. The van der Waals surface area contributed by atoms with Crippen molar-refractivity contribution < 1.29 is 4.74 Å². The molecule has 0 aliphatic carbocycles. The average Bonchev–Trinajstić information content (AvgIpc) is 2.75. The summed E-state index contributed by atoms with van der Waals surface area (Å²) in [6, 6.07) is 4.41. The number of ether oxygens (including phenoxy) is 1. The maximum Gasteiger partial charge on any atom is 0.0817 e. The predicted octanol–water partition coefficient (Wildman–Crippen LogP) is 2.97. The highest BCUT2D eigenvalue weighted by atomic mass is 32.1. The SMILES string of the molecule is CCc1ccc(COC2(C)CCCNC2)s1. The Morgan fingerprint density at radius 1 is 1.44 bits per heavy atom. The highest BCUT2D eigenvalue weighted by Gasteiger charge is 2.27. The second-order valence-corrected chi connectivity index (χ2v) is 5.99. The molecule has 0 amide bonds. The molecule has 0 radical (unpaired) electrons. The average molecular weight is 239 g/mol. The molecule has 2 nitrogen and oxygen atoms in total. The van der Waals surface area contributed by atoms with Gasteiger partial charge in [0, 0.05) is 16.3 Å². The molecule has 2 rings (SSSR count). The number of rotatable bonds is 4. The molecule has 0 bridgehead atoms. The Morgan fingerprint density at radius 2 is 2.25 bits per heavy atom. The van der Waals surface area contributed by atoms with E-state index in [1.54, 1.807) is 0 Å². The third kappa shape index (κ3) is 3.06. The lowest BCUT2D eigenvalue weighted by Crippen LogP contribution is -2.45. The first kappa shape index (κ1) is 12.1. The molecule has 90 valence electrons. The zero-order chi connectivity index (χ0) is 11.4. The predicted molar refractivity (Wildman–Crippen MR) is 69.0 cm³/mol. The van der Waals surface area contributed by atoms with Gasteiger partial charge in [-0.1, -0.05) is 6.92 Å². The van der Waals surface area contributed by atoms with Crippen molar-refractivity contribution in [2.75, 3.05) is 13.1 Å². The number of piperidine rings is 1. The molecule has 1 aliphatic heterocycles. The van der Waals surface area contributed by atoms with Crippen LogP contribution in [0.4, 0.5) is 0 Å². The van der Waals surface area contributed by atoms with Crippen LogP contribution in [0.25, 0.3) is 0 Å². The molecule has 3 heteroatoms. The van der Waals surface area contributed by atoms with Crippen LogP contribution < -0.4 is 5.32 Å². The lowest BCUT2D eigenvalue weighted by Gasteiger charge is -2.34. The van der Waals surface area contributed by atoms with Gasteiger partial charge in [0.1, 0.15) is 0 Å². The molecule has 1 aromatic heterocycles. The van der Waals surface area contributed by atoms with Crippen LogP contribution in [0.3, 0.4) is 0 Å². The van der Waals surface area contributed by atoms with Crippen LogP contribution in [-0.4, -0.2) is 18.7 Å². The van der Waals surface area contributed by atoms with Gasteiger partial charge in [-0.3, -0.25) is 0 Å². The van der Waals surface area contributed by atoms with E-state index in [2.05, 4.69) is 31.3 Å². The van der Waals surface area contributed by atoms with Gasteiger partial charge in [-0.05, 0) is 44.9 Å². The first-order chi connectivity index (χ1) is 7.72. The van der Waals surface area contributed by atoms with Gasteiger partial charge in [-0.15, -0.1) is 11.3 Å².